The average Bonchev–Trinajstić information content (AvgIpc) is 2.26. The van der Waals surface area contributed by atoms with Gasteiger partial charge in [0, 0.05) is 13.1 Å². The first-order valence-electron chi connectivity index (χ1n) is 6.00. The summed E-state index contributed by atoms with van der Waals surface area (Å²) in [6, 6.07) is 0. The lowest BCUT2D eigenvalue weighted by molar-refractivity contribution is -0.0897. The van der Waals surface area contributed by atoms with Crippen molar-refractivity contribution < 1.29 is 14.2 Å². The van der Waals surface area contributed by atoms with E-state index >= 15 is 0 Å². The number of rotatable bonds is 4. The SMILES string of the molecule is CCN(CC)C(=S)OC1COC1.CCOC(N)=S. The van der Waals surface area contributed by atoms with Crippen molar-refractivity contribution in [3.63, 3.8) is 0 Å². The second-order valence-corrected chi connectivity index (χ2v) is 4.22. The fourth-order valence-corrected chi connectivity index (χ4v) is 1.64. The fourth-order valence-electron chi connectivity index (χ4n) is 1.12. The lowest BCUT2D eigenvalue weighted by Crippen LogP contribution is -2.42. The summed E-state index contributed by atoms with van der Waals surface area (Å²) in [5, 5.41) is 0.728. The third kappa shape index (κ3) is 7.62. The monoisotopic (exact) mass is 294 g/mol. The molecular weight excluding hydrogens is 272 g/mol. The van der Waals surface area contributed by atoms with Gasteiger partial charge in [-0.3, -0.25) is 0 Å². The Labute approximate surface area is 120 Å². The van der Waals surface area contributed by atoms with Crippen LogP contribution < -0.4 is 5.73 Å². The molecule has 1 rings (SSSR count). The Bertz CT molecular complexity index is 257. The molecule has 1 aliphatic rings. The molecule has 0 aromatic carbocycles. The highest BCUT2D eigenvalue weighted by molar-refractivity contribution is 7.80. The highest BCUT2D eigenvalue weighted by Crippen LogP contribution is 2.07. The number of hydrogen-bond donors (Lipinski definition) is 1. The Hall–Kier alpha value is -0.660. The quantitative estimate of drug-likeness (QED) is 0.784. The molecule has 0 unspecified atom stereocenters. The minimum Gasteiger partial charge on any atom is -0.472 e. The van der Waals surface area contributed by atoms with Crippen molar-refractivity contribution in [2.45, 2.75) is 26.9 Å². The average molecular weight is 294 g/mol. The van der Waals surface area contributed by atoms with Crippen LogP contribution in [0, 0.1) is 0 Å². The van der Waals surface area contributed by atoms with E-state index in [0.717, 1.165) is 13.1 Å². The van der Waals surface area contributed by atoms with E-state index in [1.165, 1.54) is 0 Å². The summed E-state index contributed by atoms with van der Waals surface area (Å²) in [5.74, 6) is 0. The van der Waals surface area contributed by atoms with Crippen molar-refractivity contribution in [2.24, 2.45) is 5.73 Å². The summed E-state index contributed by atoms with van der Waals surface area (Å²) < 4.78 is 15.0. The lowest BCUT2D eigenvalue weighted by Gasteiger charge is -2.30. The maximum Gasteiger partial charge on any atom is 0.259 e. The number of ether oxygens (including phenoxy) is 3. The first-order valence-corrected chi connectivity index (χ1v) is 6.82. The second kappa shape index (κ2) is 10.3. The normalized spacial score (nSPS) is 13.7. The molecule has 0 saturated carbocycles. The molecule has 18 heavy (non-hydrogen) atoms. The third-order valence-electron chi connectivity index (χ3n) is 2.18. The van der Waals surface area contributed by atoms with E-state index in [4.69, 9.17) is 27.4 Å². The molecule has 0 aromatic heterocycles. The van der Waals surface area contributed by atoms with Gasteiger partial charge >= 0.3 is 0 Å². The van der Waals surface area contributed by atoms with Gasteiger partial charge in [-0.25, -0.2) is 0 Å². The molecule has 0 atom stereocenters. The van der Waals surface area contributed by atoms with Gasteiger partial charge in [-0.2, -0.15) is 0 Å². The molecule has 1 saturated heterocycles. The predicted octanol–water partition coefficient (Wildman–Crippen LogP) is 1.29. The molecule has 0 aromatic rings. The molecule has 5 nitrogen and oxygen atoms in total. The lowest BCUT2D eigenvalue weighted by atomic mass is 10.3. The van der Waals surface area contributed by atoms with E-state index in [9.17, 15) is 0 Å². The molecule has 7 heteroatoms. The maximum absolute atomic E-state index is 5.46. The summed E-state index contributed by atoms with van der Waals surface area (Å²) in [5.41, 5.74) is 4.91. The largest absolute Gasteiger partial charge is 0.472 e. The van der Waals surface area contributed by atoms with Gasteiger partial charge in [-0.05, 0) is 45.2 Å². The first kappa shape index (κ1) is 17.3. The Kier molecular flexibility index (Phi) is 9.90. The summed E-state index contributed by atoms with van der Waals surface area (Å²) in [4.78, 5) is 2.02. The zero-order chi connectivity index (χ0) is 14.0. The number of hydrogen-bond acceptors (Lipinski definition) is 5. The Morgan fingerprint density at radius 1 is 1.28 bits per heavy atom. The summed E-state index contributed by atoms with van der Waals surface area (Å²) in [7, 11) is 0. The van der Waals surface area contributed by atoms with Gasteiger partial charge in [-0.1, -0.05) is 0 Å². The predicted molar refractivity (Wildman–Crippen MR) is 79.6 cm³/mol. The van der Waals surface area contributed by atoms with Crippen molar-refractivity contribution in [3.8, 4) is 0 Å². The third-order valence-corrected chi connectivity index (χ3v) is 2.66. The van der Waals surface area contributed by atoms with Crippen molar-refractivity contribution >= 4 is 34.8 Å². The minimum atomic E-state index is 0.123. The van der Waals surface area contributed by atoms with Gasteiger partial charge in [-0.15, -0.1) is 0 Å². The van der Waals surface area contributed by atoms with Crippen LogP contribution in [0.25, 0.3) is 0 Å². The molecular formula is C11H22N2O3S2. The van der Waals surface area contributed by atoms with E-state index in [-0.39, 0.29) is 11.3 Å². The molecule has 0 amide bonds. The molecule has 0 bridgehead atoms. The fraction of sp³-hybridized carbons (Fsp3) is 0.818. The molecule has 0 radical (unpaired) electrons. The van der Waals surface area contributed by atoms with Gasteiger partial charge in [0.15, 0.2) is 0 Å². The van der Waals surface area contributed by atoms with Crippen LogP contribution in [-0.2, 0) is 14.2 Å². The molecule has 0 aliphatic carbocycles. The van der Waals surface area contributed by atoms with Crippen LogP contribution >= 0.6 is 24.4 Å². The van der Waals surface area contributed by atoms with E-state index in [1.807, 2.05) is 11.8 Å². The van der Waals surface area contributed by atoms with E-state index in [0.29, 0.717) is 25.0 Å². The zero-order valence-electron chi connectivity index (χ0n) is 11.2. The Morgan fingerprint density at radius 2 is 1.83 bits per heavy atom. The highest BCUT2D eigenvalue weighted by atomic mass is 32.1. The summed E-state index contributed by atoms with van der Waals surface area (Å²) in [6.45, 7) is 9.70. The Morgan fingerprint density at radius 3 is 2.06 bits per heavy atom. The molecule has 0 spiro atoms. The first-order chi connectivity index (χ1) is 8.54. The smallest absolute Gasteiger partial charge is 0.259 e. The number of thiocarbonyl (C=S) groups is 2. The number of nitrogens with zero attached hydrogens (tertiary/aromatic N) is 1. The molecule has 2 N–H and O–H groups in total. The van der Waals surface area contributed by atoms with Crippen LogP contribution in [0.1, 0.15) is 20.8 Å². The van der Waals surface area contributed by atoms with Crippen LogP contribution in [0.2, 0.25) is 0 Å². The van der Waals surface area contributed by atoms with Crippen molar-refractivity contribution in [1.29, 1.82) is 0 Å². The van der Waals surface area contributed by atoms with Gasteiger partial charge in [0.05, 0.1) is 19.8 Å². The van der Waals surface area contributed by atoms with E-state index < -0.39 is 0 Å². The molecule has 1 heterocycles. The summed E-state index contributed by atoms with van der Waals surface area (Å²) >= 11 is 9.45. The van der Waals surface area contributed by atoms with Crippen LogP contribution in [0.5, 0.6) is 0 Å². The Balaban J connectivity index is 0.000000411. The van der Waals surface area contributed by atoms with Crippen molar-refractivity contribution in [2.75, 3.05) is 32.9 Å². The standard InChI is InChI=1S/C8H15NO2S.C3H7NOS/c1-3-9(4-2)8(12)11-7-5-10-6-7;1-2-5-3(4)6/h7H,3-6H2,1-2H3;2H2,1H3,(H2,4,6). The number of nitrogens with two attached hydrogens (primary N) is 1. The minimum absolute atomic E-state index is 0.123. The highest BCUT2D eigenvalue weighted by Gasteiger charge is 2.22. The molecule has 1 aliphatic heterocycles. The van der Waals surface area contributed by atoms with Gasteiger partial charge in [0.1, 0.15) is 6.10 Å². The van der Waals surface area contributed by atoms with Crippen LogP contribution in [0.15, 0.2) is 0 Å². The van der Waals surface area contributed by atoms with Crippen molar-refractivity contribution in [1.82, 2.24) is 4.90 Å². The van der Waals surface area contributed by atoms with Crippen LogP contribution in [0.4, 0.5) is 0 Å². The maximum atomic E-state index is 5.46. The second-order valence-electron chi connectivity index (χ2n) is 3.47. The van der Waals surface area contributed by atoms with Crippen LogP contribution in [0.3, 0.4) is 0 Å². The zero-order valence-corrected chi connectivity index (χ0v) is 12.8. The van der Waals surface area contributed by atoms with Crippen LogP contribution in [-0.4, -0.2) is 54.3 Å². The van der Waals surface area contributed by atoms with Gasteiger partial charge in [0.25, 0.3) is 10.3 Å². The molecule has 106 valence electrons. The summed E-state index contributed by atoms with van der Waals surface area (Å²) in [6.07, 6.45) is 0.193. The van der Waals surface area contributed by atoms with E-state index in [1.54, 1.807) is 0 Å². The topological polar surface area (TPSA) is 57.0 Å². The molecule has 1 fully saturated rings. The van der Waals surface area contributed by atoms with Gasteiger partial charge in [0.2, 0.25) is 0 Å². The van der Waals surface area contributed by atoms with E-state index in [2.05, 4.69) is 30.8 Å². The van der Waals surface area contributed by atoms with Gasteiger partial charge < -0.3 is 24.8 Å². The van der Waals surface area contributed by atoms with Crippen molar-refractivity contribution in [3.05, 3.63) is 0 Å².